The summed E-state index contributed by atoms with van der Waals surface area (Å²) in [6.45, 7) is 7.32. The van der Waals surface area contributed by atoms with E-state index in [0.29, 0.717) is 5.02 Å². The summed E-state index contributed by atoms with van der Waals surface area (Å²) in [4.78, 5) is 11.5. The Morgan fingerprint density at radius 3 is 2.39 bits per heavy atom. The lowest BCUT2D eigenvalue weighted by atomic mass is 9.86. The number of halogens is 1. The second kappa shape index (κ2) is 6.04. The molecule has 0 N–H and O–H groups in total. The van der Waals surface area contributed by atoms with Gasteiger partial charge in [0.15, 0.2) is 0 Å². The monoisotopic (exact) mass is 261 g/mol. The van der Waals surface area contributed by atoms with Gasteiger partial charge in [-0.25, -0.2) is 4.79 Å². The normalized spacial score (nSPS) is 11.2. The van der Waals surface area contributed by atoms with E-state index < -0.39 is 11.9 Å². The van der Waals surface area contributed by atoms with Gasteiger partial charge in [0.2, 0.25) is 0 Å². The number of nitrogens with zero attached hydrogens (tertiary/aromatic N) is 1. The third kappa shape index (κ3) is 2.99. The van der Waals surface area contributed by atoms with Gasteiger partial charge in [0.1, 0.15) is 0 Å². The largest absolute Gasteiger partial charge is 0.466 e. The van der Waals surface area contributed by atoms with Gasteiger partial charge in [-0.1, -0.05) is 36.9 Å². The van der Waals surface area contributed by atoms with Crippen LogP contribution in [0.1, 0.15) is 11.5 Å². The molecule has 0 saturated heterocycles. The Balaban J connectivity index is 3.19. The Hall–Kier alpha value is -2.05. The molecule has 1 aromatic rings. The van der Waals surface area contributed by atoms with Crippen LogP contribution >= 0.6 is 11.6 Å². The molecule has 1 atom stereocenters. The number of allylic oxidation sites excluding steroid dienone is 1. The Morgan fingerprint density at radius 1 is 1.39 bits per heavy atom. The van der Waals surface area contributed by atoms with Crippen LogP contribution in [0.3, 0.4) is 0 Å². The summed E-state index contributed by atoms with van der Waals surface area (Å²) >= 11 is 5.80. The first-order valence-electron chi connectivity index (χ1n) is 5.12. The van der Waals surface area contributed by atoms with Crippen LogP contribution in [0.5, 0.6) is 0 Å². The SMILES string of the molecule is C=C(C#N)C(C(=C)C(=O)OC)c1ccc(Cl)cc1. The standard InChI is InChI=1S/C14H12ClNO2/c1-9(8-16)13(10(2)14(17)18-3)11-4-6-12(15)7-5-11/h4-7,13H,1-2H2,3H3. The van der Waals surface area contributed by atoms with Crippen molar-refractivity contribution in [1.82, 2.24) is 0 Å². The van der Waals surface area contributed by atoms with Crippen molar-refractivity contribution in [1.29, 1.82) is 5.26 Å². The average Bonchev–Trinajstić information content (AvgIpc) is 2.39. The van der Waals surface area contributed by atoms with Gasteiger partial charge in [-0.15, -0.1) is 0 Å². The van der Waals surface area contributed by atoms with E-state index in [1.807, 2.05) is 6.07 Å². The van der Waals surface area contributed by atoms with Gasteiger partial charge in [-0.3, -0.25) is 0 Å². The molecule has 0 saturated carbocycles. The number of ether oxygens (including phenoxy) is 1. The van der Waals surface area contributed by atoms with Crippen molar-refractivity contribution < 1.29 is 9.53 Å². The highest BCUT2D eigenvalue weighted by atomic mass is 35.5. The molecule has 0 spiro atoms. The van der Waals surface area contributed by atoms with Gasteiger partial charge in [-0.2, -0.15) is 5.26 Å². The van der Waals surface area contributed by atoms with Crippen LogP contribution in [0.25, 0.3) is 0 Å². The summed E-state index contributed by atoms with van der Waals surface area (Å²) in [7, 11) is 1.27. The molecule has 92 valence electrons. The molecule has 0 bridgehead atoms. The zero-order chi connectivity index (χ0) is 13.7. The van der Waals surface area contributed by atoms with Gasteiger partial charge in [-0.05, 0) is 17.7 Å². The maximum absolute atomic E-state index is 11.5. The molecule has 1 aromatic carbocycles. The lowest BCUT2D eigenvalue weighted by Crippen LogP contribution is -2.13. The predicted molar refractivity (Wildman–Crippen MR) is 70.1 cm³/mol. The highest BCUT2D eigenvalue weighted by Crippen LogP contribution is 2.31. The number of carbonyl (C=O) groups is 1. The van der Waals surface area contributed by atoms with Crippen molar-refractivity contribution in [2.24, 2.45) is 0 Å². The van der Waals surface area contributed by atoms with Crippen molar-refractivity contribution in [2.45, 2.75) is 5.92 Å². The highest BCUT2D eigenvalue weighted by Gasteiger charge is 2.24. The number of benzene rings is 1. The van der Waals surface area contributed by atoms with Crippen molar-refractivity contribution in [3.05, 3.63) is 59.2 Å². The Labute approximate surface area is 111 Å². The number of hydrogen-bond acceptors (Lipinski definition) is 3. The molecule has 0 aliphatic rings. The minimum Gasteiger partial charge on any atom is -0.466 e. The van der Waals surface area contributed by atoms with Gasteiger partial charge in [0, 0.05) is 22.1 Å². The fourth-order valence-corrected chi connectivity index (χ4v) is 1.71. The zero-order valence-corrected chi connectivity index (χ0v) is 10.7. The highest BCUT2D eigenvalue weighted by molar-refractivity contribution is 6.30. The van der Waals surface area contributed by atoms with Crippen LogP contribution in [0, 0.1) is 11.3 Å². The van der Waals surface area contributed by atoms with Crippen LogP contribution in [0.15, 0.2) is 48.6 Å². The topological polar surface area (TPSA) is 50.1 Å². The predicted octanol–water partition coefficient (Wildman–Crippen LogP) is 3.23. The molecule has 1 rings (SSSR count). The summed E-state index contributed by atoms with van der Waals surface area (Å²) in [5.74, 6) is -1.15. The van der Waals surface area contributed by atoms with E-state index in [9.17, 15) is 4.79 Å². The number of esters is 1. The Morgan fingerprint density at radius 2 is 1.94 bits per heavy atom. The molecule has 1 unspecified atom stereocenters. The first-order valence-corrected chi connectivity index (χ1v) is 5.50. The number of methoxy groups -OCH3 is 1. The Kier molecular flexibility index (Phi) is 4.70. The molecule has 0 aliphatic carbocycles. The molecular formula is C14H12ClNO2. The molecule has 0 aromatic heterocycles. The summed E-state index contributed by atoms with van der Waals surface area (Å²) in [6, 6.07) is 8.75. The number of carbonyl (C=O) groups excluding carboxylic acids is 1. The second-order valence-electron chi connectivity index (χ2n) is 3.64. The van der Waals surface area contributed by atoms with Crippen LogP contribution in [0.4, 0.5) is 0 Å². The Bertz CT molecular complexity index is 526. The number of hydrogen-bond donors (Lipinski definition) is 0. The lowest BCUT2D eigenvalue weighted by Gasteiger charge is -2.17. The second-order valence-corrected chi connectivity index (χ2v) is 4.07. The molecule has 0 aliphatic heterocycles. The van der Waals surface area contributed by atoms with Gasteiger partial charge >= 0.3 is 5.97 Å². The molecule has 0 radical (unpaired) electrons. The quantitative estimate of drug-likeness (QED) is 0.475. The van der Waals surface area contributed by atoms with E-state index >= 15 is 0 Å². The van der Waals surface area contributed by atoms with E-state index in [-0.39, 0.29) is 11.1 Å². The minimum atomic E-state index is -0.584. The summed E-state index contributed by atoms with van der Waals surface area (Å²) in [6.07, 6.45) is 0. The smallest absolute Gasteiger partial charge is 0.334 e. The fourth-order valence-electron chi connectivity index (χ4n) is 1.58. The van der Waals surface area contributed by atoms with Crippen molar-refractivity contribution in [3.63, 3.8) is 0 Å². The van der Waals surface area contributed by atoms with Gasteiger partial charge in [0.25, 0.3) is 0 Å². The molecular weight excluding hydrogens is 250 g/mol. The molecule has 0 amide bonds. The van der Waals surface area contributed by atoms with E-state index in [1.165, 1.54) is 7.11 Å². The van der Waals surface area contributed by atoms with Gasteiger partial charge in [0.05, 0.1) is 13.2 Å². The first kappa shape index (κ1) is 14.0. The maximum Gasteiger partial charge on any atom is 0.334 e. The molecule has 3 nitrogen and oxygen atoms in total. The summed E-state index contributed by atoms with van der Waals surface area (Å²) < 4.78 is 4.62. The lowest BCUT2D eigenvalue weighted by molar-refractivity contribution is -0.136. The summed E-state index contributed by atoms with van der Waals surface area (Å²) in [5, 5.41) is 9.53. The number of nitriles is 1. The van der Waals surface area contributed by atoms with Crippen LogP contribution < -0.4 is 0 Å². The van der Waals surface area contributed by atoms with E-state index in [2.05, 4.69) is 17.9 Å². The van der Waals surface area contributed by atoms with Crippen molar-refractivity contribution >= 4 is 17.6 Å². The summed E-state index contributed by atoms with van der Waals surface area (Å²) in [5.41, 5.74) is 1.13. The average molecular weight is 262 g/mol. The van der Waals surface area contributed by atoms with E-state index in [4.69, 9.17) is 16.9 Å². The molecule has 4 heteroatoms. The zero-order valence-electron chi connectivity index (χ0n) is 9.94. The van der Waals surface area contributed by atoms with E-state index in [1.54, 1.807) is 24.3 Å². The maximum atomic E-state index is 11.5. The molecule has 0 heterocycles. The van der Waals surface area contributed by atoms with Crippen LogP contribution in [0.2, 0.25) is 5.02 Å². The van der Waals surface area contributed by atoms with Crippen LogP contribution in [-0.4, -0.2) is 13.1 Å². The van der Waals surface area contributed by atoms with Crippen LogP contribution in [-0.2, 0) is 9.53 Å². The van der Waals surface area contributed by atoms with Gasteiger partial charge < -0.3 is 4.74 Å². The third-order valence-corrected chi connectivity index (χ3v) is 2.74. The molecule has 0 fully saturated rings. The number of rotatable bonds is 4. The van der Waals surface area contributed by atoms with Crippen molar-refractivity contribution in [3.8, 4) is 6.07 Å². The first-order chi connectivity index (χ1) is 8.51. The third-order valence-electron chi connectivity index (χ3n) is 2.49. The minimum absolute atomic E-state index is 0.173. The van der Waals surface area contributed by atoms with E-state index in [0.717, 1.165) is 5.56 Å². The fraction of sp³-hybridized carbons (Fsp3) is 0.143. The molecule has 18 heavy (non-hydrogen) atoms. The van der Waals surface area contributed by atoms with Crippen molar-refractivity contribution in [2.75, 3.05) is 7.11 Å².